The van der Waals surface area contributed by atoms with Gasteiger partial charge in [0.05, 0.1) is 26.4 Å². The third-order valence-electron chi connectivity index (χ3n) is 21.8. The first-order chi connectivity index (χ1) is 54.0. The number of carbonyl (C=O) groups is 4. The van der Waals surface area contributed by atoms with Crippen LogP contribution >= 0.6 is 15.6 Å². The number of phosphoric ester groups is 2. The van der Waals surface area contributed by atoms with E-state index in [0.717, 1.165) is 95.8 Å². The molecule has 111 heavy (non-hydrogen) atoms. The van der Waals surface area contributed by atoms with Gasteiger partial charge in [0.25, 0.3) is 0 Å². The lowest BCUT2D eigenvalue weighted by Gasteiger charge is -2.21. The van der Waals surface area contributed by atoms with Crippen LogP contribution in [0.3, 0.4) is 0 Å². The number of rotatable bonds is 92. The zero-order valence-electron chi connectivity index (χ0n) is 73.1. The van der Waals surface area contributed by atoms with E-state index in [4.69, 9.17) is 37.0 Å². The van der Waals surface area contributed by atoms with Gasteiger partial charge in [-0.15, -0.1) is 0 Å². The Bertz CT molecular complexity index is 2100. The molecule has 0 amide bonds. The smallest absolute Gasteiger partial charge is 0.462 e. The van der Waals surface area contributed by atoms with E-state index in [9.17, 15) is 43.2 Å². The van der Waals surface area contributed by atoms with Crippen LogP contribution in [0.1, 0.15) is 503 Å². The van der Waals surface area contributed by atoms with Crippen molar-refractivity contribution in [3.05, 3.63) is 0 Å². The van der Waals surface area contributed by atoms with Crippen molar-refractivity contribution < 1.29 is 80.2 Å². The molecule has 0 fully saturated rings. The van der Waals surface area contributed by atoms with Gasteiger partial charge in [-0.1, -0.05) is 452 Å². The molecule has 0 aliphatic rings. The average molecular weight is 1620 g/mol. The molecule has 3 N–H and O–H groups in total. The van der Waals surface area contributed by atoms with Gasteiger partial charge in [-0.05, 0) is 31.6 Å². The highest BCUT2D eigenvalue weighted by molar-refractivity contribution is 7.47. The normalized spacial score (nSPS) is 13.7. The Morgan fingerprint density at radius 1 is 0.243 bits per heavy atom. The zero-order valence-corrected chi connectivity index (χ0v) is 74.9. The van der Waals surface area contributed by atoms with Crippen LogP contribution in [-0.2, 0) is 65.4 Å². The molecule has 0 saturated carbocycles. The summed E-state index contributed by atoms with van der Waals surface area (Å²) in [7, 11) is -9.93. The maximum absolute atomic E-state index is 13.2. The molecular formula is C92H180O17P2. The Morgan fingerprint density at radius 3 is 0.613 bits per heavy atom. The highest BCUT2D eigenvalue weighted by atomic mass is 31.2. The van der Waals surface area contributed by atoms with Gasteiger partial charge >= 0.3 is 39.5 Å². The molecule has 0 aromatic heterocycles. The Hall–Kier alpha value is -1.94. The van der Waals surface area contributed by atoms with Crippen molar-refractivity contribution in [1.29, 1.82) is 0 Å². The highest BCUT2D eigenvalue weighted by Crippen LogP contribution is 2.45. The number of carbonyl (C=O) groups excluding carboxylic acids is 4. The van der Waals surface area contributed by atoms with E-state index in [1.807, 2.05) is 0 Å². The van der Waals surface area contributed by atoms with E-state index in [-0.39, 0.29) is 25.7 Å². The van der Waals surface area contributed by atoms with Crippen LogP contribution in [0.2, 0.25) is 0 Å². The summed E-state index contributed by atoms with van der Waals surface area (Å²) >= 11 is 0. The second-order valence-corrected chi connectivity index (χ2v) is 36.4. The van der Waals surface area contributed by atoms with E-state index in [0.29, 0.717) is 25.7 Å². The number of esters is 4. The molecule has 0 bridgehead atoms. The SMILES string of the molecule is CCCCCCCCCCCCCCCCCCCCCCCCC(=O)O[C@H](COC(=O)CCCCCCCCCCCCCCCCCCCCCCC)COP(=O)(O)OC[C@@H](O)COP(=O)(O)OC[C@@H](COC(=O)CCCCCCCCCCCCC)OC(=O)CCCCCCCCCCCCCCCCC(C)C. The van der Waals surface area contributed by atoms with Gasteiger partial charge < -0.3 is 33.8 Å². The molecule has 0 saturated heterocycles. The average Bonchev–Trinajstić information content (AvgIpc) is 0.900. The minimum atomic E-state index is -4.97. The lowest BCUT2D eigenvalue weighted by molar-refractivity contribution is -0.161. The molecule has 0 spiro atoms. The molecule has 0 aliphatic carbocycles. The molecular weight excluding hydrogens is 1440 g/mol. The van der Waals surface area contributed by atoms with Gasteiger partial charge in [-0.3, -0.25) is 37.3 Å². The van der Waals surface area contributed by atoms with Crippen molar-refractivity contribution in [3.63, 3.8) is 0 Å². The first kappa shape index (κ1) is 109. The monoisotopic (exact) mass is 1620 g/mol. The maximum atomic E-state index is 13.2. The van der Waals surface area contributed by atoms with E-state index < -0.39 is 97.5 Å². The quantitative estimate of drug-likeness (QED) is 0.0222. The summed E-state index contributed by atoms with van der Waals surface area (Å²) < 4.78 is 69.1. The predicted octanol–water partition coefficient (Wildman–Crippen LogP) is 28.7. The maximum Gasteiger partial charge on any atom is 0.472 e. The second kappa shape index (κ2) is 84.5. The van der Waals surface area contributed by atoms with Gasteiger partial charge in [0.15, 0.2) is 12.2 Å². The Morgan fingerprint density at radius 2 is 0.414 bits per heavy atom. The summed E-state index contributed by atoms with van der Waals surface area (Å²) in [4.78, 5) is 73.4. The van der Waals surface area contributed by atoms with Gasteiger partial charge in [0.1, 0.15) is 19.3 Å². The number of hydrogen-bond acceptors (Lipinski definition) is 15. The lowest BCUT2D eigenvalue weighted by atomic mass is 10.0. The largest absolute Gasteiger partial charge is 0.472 e. The molecule has 0 aromatic rings. The molecule has 0 heterocycles. The van der Waals surface area contributed by atoms with Crippen molar-refractivity contribution >= 4 is 39.5 Å². The van der Waals surface area contributed by atoms with Crippen molar-refractivity contribution in [2.45, 2.75) is 522 Å². The highest BCUT2D eigenvalue weighted by Gasteiger charge is 2.31. The molecule has 0 aromatic carbocycles. The fraction of sp³-hybridized carbons (Fsp3) is 0.957. The fourth-order valence-electron chi connectivity index (χ4n) is 14.5. The third kappa shape index (κ3) is 85.8. The van der Waals surface area contributed by atoms with Crippen molar-refractivity contribution in [2.75, 3.05) is 39.6 Å². The van der Waals surface area contributed by atoms with Crippen LogP contribution in [0, 0.1) is 5.92 Å². The Labute approximate surface area is 683 Å². The first-order valence-corrected chi connectivity index (χ1v) is 50.6. The topological polar surface area (TPSA) is 237 Å². The standard InChI is InChI=1S/C92H180O17P2/c1-6-9-12-15-18-21-24-26-28-30-32-34-36-38-40-42-47-52-57-62-67-72-77-91(96)109-88(82-103-90(95)76-71-66-61-56-51-46-41-39-37-35-33-31-29-27-25-22-19-16-13-10-7-2)84-107-111(100,101)105-80-86(93)79-104-110(98,99)106-83-87(81-102-89(94)75-70-65-60-55-49-23-20-17-14-11-8-3)108-92(97)78-73-68-63-58-53-48-44-43-45-50-54-59-64-69-74-85(4)5/h85-88,93H,6-84H2,1-5H3,(H,98,99)(H,100,101)/t86-,87+,88+/m0/s1. The summed E-state index contributed by atoms with van der Waals surface area (Å²) in [5.41, 5.74) is 0. The number of aliphatic hydroxyl groups excluding tert-OH is 1. The number of aliphatic hydroxyl groups is 1. The molecule has 2 unspecified atom stereocenters. The summed E-state index contributed by atoms with van der Waals surface area (Å²) in [6, 6.07) is 0. The number of unbranched alkanes of at least 4 members (excludes halogenated alkanes) is 64. The van der Waals surface area contributed by atoms with Crippen molar-refractivity contribution in [1.82, 2.24) is 0 Å². The zero-order chi connectivity index (χ0) is 81.1. The van der Waals surface area contributed by atoms with Gasteiger partial charge in [-0.2, -0.15) is 0 Å². The molecule has 5 atom stereocenters. The molecule has 660 valence electrons. The molecule has 0 aliphatic heterocycles. The minimum absolute atomic E-state index is 0.108. The number of hydrogen-bond donors (Lipinski definition) is 3. The van der Waals surface area contributed by atoms with Gasteiger partial charge in [0.2, 0.25) is 0 Å². The predicted molar refractivity (Wildman–Crippen MR) is 460 cm³/mol. The Kier molecular flexibility index (Phi) is 83.0. The summed E-state index contributed by atoms with van der Waals surface area (Å²) in [5.74, 6) is -1.30. The van der Waals surface area contributed by atoms with E-state index in [1.54, 1.807) is 0 Å². The molecule has 17 nitrogen and oxygen atoms in total. The summed E-state index contributed by atoms with van der Waals surface area (Å²) in [5, 5.41) is 10.7. The van der Waals surface area contributed by atoms with Crippen LogP contribution < -0.4 is 0 Å². The number of phosphoric acid groups is 2. The summed E-state index contributed by atoms with van der Waals surface area (Å²) in [6.45, 7) is 7.41. The van der Waals surface area contributed by atoms with Crippen LogP contribution in [0.5, 0.6) is 0 Å². The minimum Gasteiger partial charge on any atom is -0.462 e. The number of ether oxygens (including phenoxy) is 4. The van der Waals surface area contributed by atoms with E-state index >= 15 is 0 Å². The molecule has 0 radical (unpaired) electrons. The van der Waals surface area contributed by atoms with Crippen LogP contribution in [0.25, 0.3) is 0 Å². The molecule has 19 heteroatoms. The molecule has 0 rings (SSSR count). The third-order valence-corrected chi connectivity index (χ3v) is 23.7. The first-order valence-electron chi connectivity index (χ1n) is 47.6. The lowest BCUT2D eigenvalue weighted by Crippen LogP contribution is -2.30. The fourth-order valence-corrected chi connectivity index (χ4v) is 16.1. The summed E-state index contributed by atoms with van der Waals surface area (Å²) in [6.07, 6.45) is 80.7. The van der Waals surface area contributed by atoms with E-state index in [1.165, 1.54) is 327 Å². The van der Waals surface area contributed by atoms with Crippen LogP contribution in [-0.4, -0.2) is 96.7 Å². The van der Waals surface area contributed by atoms with Gasteiger partial charge in [-0.25, -0.2) is 9.13 Å². The van der Waals surface area contributed by atoms with Crippen molar-refractivity contribution in [2.24, 2.45) is 5.92 Å². The van der Waals surface area contributed by atoms with Crippen LogP contribution in [0.4, 0.5) is 0 Å². The van der Waals surface area contributed by atoms with Gasteiger partial charge in [0, 0.05) is 25.7 Å². The van der Waals surface area contributed by atoms with Crippen LogP contribution in [0.15, 0.2) is 0 Å². The Balaban J connectivity index is 5.22. The van der Waals surface area contributed by atoms with E-state index in [2.05, 4.69) is 34.6 Å². The van der Waals surface area contributed by atoms with Crippen molar-refractivity contribution in [3.8, 4) is 0 Å². The second-order valence-electron chi connectivity index (χ2n) is 33.5.